The topological polar surface area (TPSA) is 56.6 Å². The number of ether oxygens (including phenoxy) is 2. The summed E-state index contributed by atoms with van der Waals surface area (Å²) in [5, 5.41) is 0.607. The Bertz CT molecular complexity index is 1110. The lowest BCUT2D eigenvalue weighted by Gasteiger charge is -2.30. The molecule has 1 fully saturated rings. The van der Waals surface area contributed by atoms with Gasteiger partial charge in [-0.3, -0.25) is 9.36 Å². The van der Waals surface area contributed by atoms with Crippen LogP contribution in [0.1, 0.15) is 26.2 Å². The maximum Gasteiger partial charge on any atom is 0.261 e. The van der Waals surface area contributed by atoms with Crippen molar-refractivity contribution in [1.29, 1.82) is 0 Å². The highest BCUT2D eigenvalue weighted by Crippen LogP contribution is 2.32. The van der Waals surface area contributed by atoms with Gasteiger partial charge >= 0.3 is 0 Å². The molecule has 1 atom stereocenters. The normalized spacial score (nSPS) is 17.1. The zero-order chi connectivity index (χ0) is 21.8. The van der Waals surface area contributed by atoms with Crippen LogP contribution in [0.4, 0.5) is 0 Å². The zero-order valence-corrected chi connectivity index (χ0v) is 18.6. The van der Waals surface area contributed by atoms with Crippen LogP contribution in [0.5, 0.6) is 11.5 Å². The second kappa shape index (κ2) is 9.52. The standard InChI is InChI=1S/C25H31N3O3/c1-18-8-6-13-28(17-18)14-7-15-31-19-11-12-21(23(16-19)30-3)24-26-22-10-5-4-9-20(22)25(29)27(24)2/h4-5,9-12,16,18H,6-8,13-15,17H2,1-3H3/t18-/m0/s1. The molecule has 0 unspecified atom stereocenters. The highest BCUT2D eigenvalue weighted by atomic mass is 16.5. The van der Waals surface area contributed by atoms with E-state index in [2.05, 4.69) is 11.8 Å². The van der Waals surface area contributed by atoms with Crippen LogP contribution in [0.2, 0.25) is 0 Å². The van der Waals surface area contributed by atoms with Crippen molar-refractivity contribution in [3.63, 3.8) is 0 Å². The molecule has 0 N–H and O–H groups in total. The Morgan fingerprint density at radius 2 is 2.03 bits per heavy atom. The van der Waals surface area contributed by atoms with E-state index >= 15 is 0 Å². The van der Waals surface area contributed by atoms with Gasteiger partial charge in [0.2, 0.25) is 0 Å². The van der Waals surface area contributed by atoms with E-state index in [-0.39, 0.29) is 5.56 Å². The van der Waals surface area contributed by atoms with Crippen molar-refractivity contribution in [3.8, 4) is 22.9 Å². The maximum atomic E-state index is 12.8. The minimum Gasteiger partial charge on any atom is -0.496 e. The first-order valence-electron chi connectivity index (χ1n) is 11.1. The molecule has 3 aromatic rings. The molecule has 6 heteroatoms. The van der Waals surface area contributed by atoms with Crippen LogP contribution in [0.25, 0.3) is 22.3 Å². The molecule has 164 valence electrons. The fourth-order valence-corrected chi connectivity index (χ4v) is 4.37. The first-order chi connectivity index (χ1) is 15.1. The Balaban J connectivity index is 1.48. The number of likely N-dealkylation sites (tertiary alicyclic amines) is 1. The summed E-state index contributed by atoms with van der Waals surface area (Å²) in [6, 6.07) is 13.1. The Morgan fingerprint density at radius 1 is 1.19 bits per heavy atom. The van der Waals surface area contributed by atoms with Crippen molar-refractivity contribution in [1.82, 2.24) is 14.5 Å². The molecule has 6 nitrogen and oxygen atoms in total. The van der Waals surface area contributed by atoms with Crippen molar-refractivity contribution in [2.24, 2.45) is 13.0 Å². The fraction of sp³-hybridized carbons (Fsp3) is 0.440. The average molecular weight is 422 g/mol. The first-order valence-corrected chi connectivity index (χ1v) is 11.1. The number of para-hydroxylation sites is 1. The van der Waals surface area contributed by atoms with Crippen molar-refractivity contribution >= 4 is 10.9 Å². The van der Waals surface area contributed by atoms with E-state index in [4.69, 9.17) is 14.5 Å². The van der Waals surface area contributed by atoms with Crippen LogP contribution < -0.4 is 15.0 Å². The summed E-state index contributed by atoms with van der Waals surface area (Å²) in [5.41, 5.74) is 1.37. The van der Waals surface area contributed by atoms with Crippen LogP contribution in [-0.4, -0.2) is 47.8 Å². The van der Waals surface area contributed by atoms with E-state index in [9.17, 15) is 4.79 Å². The molecule has 0 radical (unpaired) electrons. The van der Waals surface area contributed by atoms with Gasteiger partial charge in [-0.1, -0.05) is 19.1 Å². The zero-order valence-electron chi connectivity index (χ0n) is 18.6. The Kier molecular flexibility index (Phi) is 6.56. The van der Waals surface area contributed by atoms with Gasteiger partial charge in [0.05, 0.1) is 30.2 Å². The van der Waals surface area contributed by atoms with Gasteiger partial charge in [-0.25, -0.2) is 4.98 Å². The second-order valence-corrected chi connectivity index (χ2v) is 8.43. The summed E-state index contributed by atoms with van der Waals surface area (Å²) in [6.07, 6.45) is 3.64. The van der Waals surface area contributed by atoms with Gasteiger partial charge in [0.25, 0.3) is 5.56 Å². The summed E-state index contributed by atoms with van der Waals surface area (Å²) in [7, 11) is 3.36. The van der Waals surface area contributed by atoms with E-state index in [1.807, 2.05) is 36.4 Å². The minimum absolute atomic E-state index is 0.0741. The lowest BCUT2D eigenvalue weighted by Crippen LogP contribution is -2.35. The van der Waals surface area contributed by atoms with E-state index in [0.29, 0.717) is 29.1 Å². The summed E-state index contributed by atoms with van der Waals surface area (Å²) >= 11 is 0. The quantitative estimate of drug-likeness (QED) is 0.538. The number of rotatable bonds is 7. The van der Waals surface area contributed by atoms with Gasteiger partial charge in [0.1, 0.15) is 17.3 Å². The molecule has 4 rings (SSSR count). The predicted molar refractivity (Wildman–Crippen MR) is 124 cm³/mol. The maximum absolute atomic E-state index is 12.8. The molecule has 31 heavy (non-hydrogen) atoms. The number of benzene rings is 2. The number of piperidine rings is 1. The number of aromatic nitrogens is 2. The lowest BCUT2D eigenvalue weighted by atomic mass is 10.0. The van der Waals surface area contributed by atoms with E-state index in [1.54, 1.807) is 24.8 Å². The van der Waals surface area contributed by atoms with E-state index < -0.39 is 0 Å². The molecule has 1 aromatic heterocycles. The molecule has 0 amide bonds. The van der Waals surface area contributed by atoms with Gasteiger partial charge in [-0.15, -0.1) is 0 Å². The van der Waals surface area contributed by atoms with Crippen LogP contribution in [0.15, 0.2) is 47.3 Å². The molecule has 1 aliphatic rings. The SMILES string of the molecule is COc1cc(OCCCN2CCC[C@H](C)C2)ccc1-c1nc2ccccc2c(=O)n1C. The van der Waals surface area contributed by atoms with Gasteiger partial charge < -0.3 is 14.4 Å². The summed E-state index contributed by atoms with van der Waals surface area (Å²) in [6.45, 7) is 6.46. The van der Waals surface area contributed by atoms with Crippen molar-refractivity contribution < 1.29 is 9.47 Å². The molecular weight excluding hydrogens is 390 g/mol. The lowest BCUT2D eigenvalue weighted by molar-refractivity contribution is 0.170. The van der Waals surface area contributed by atoms with Gasteiger partial charge in [0, 0.05) is 26.2 Å². The van der Waals surface area contributed by atoms with Crippen molar-refractivity contribution in [2.75, 3.05) is 33.4 Å². The fourth-order valence-electron chi connectivity index (χ4n) is 4.37. The first kappa shape index (κ1) is 21.4. The largest absolute Gasteiger partial charge is 0.496 e. The predicted octanol–water partition coefficient (Wildman–Crippen LogP) is 4.11. The van der Waals surface area contributed by atoms with Crippen LogP contribution in [-0.2, 0) is 7.05 Å². The van der Waals surface area contributed by atoms with Gasteiger partial charge in [-0.05, 0) is 56.0 Å². The molecule has 1 aliphatic heterocycles. The van der Waals surface area contributed by atoms with Gasteiger partial charge in [0.15, 0.2) is 0 Å². The summed E-state index contributed by atoms with van der Waals surface area (Å²) in [5.74, 6) is 2.77. The number of hydrogen-bond acceptors (Lipinski definition) is 5. The molecule has 1 saturated heterocycles. The van der Waals surface area contributed by atoms with Crippen LogP contribution >= 0.6 is 0 Å². The molecule has 0 spiro atoms. The third-order valence-corrected chi connectivity index (χ3v) is 6.03. The van der Waals surface area contributed by atoms with Crippen LogP contribution in [0, 0.1) is 5.92 Å². The summed E-state index contributed by atoms with van der Waals surface area (Å²) in [4.78, 5) is 20.0. The monoisotopic (exact) mass is 421 g/mol. The highest BCUT2D eigenvalue weighted by molar-refractivity contribution is 5.80. The molecule has 2 aromatic carbocycles. The van der Waals surface area contributed by atoms with E-state index in [0.717, 1.165) is 30.2 Å². The molecule has 2 heterocycles. The average Bonchev–Trinajstić information content (AvgIpc) is 2.79. The molecule has 0 bridgehead atoms. The second-order valence-electron chi connectivity index (χ2n) is 8.43. The molecule has 0 saturated carbocycles. The van der Waals surface area contributed by atoms with E-state index in [1.165, 1.54) is 25.9 Å². The number of hydrogen-bond donors (Lipinski definition) is 0. The summed E-state index contributed by atoms with van der Waals surface area (Å²) < 4.78 is 13.2. The van der Waals surface area contributed by atoms with Crippen molar-refractivity contribution in [3.05, 3.63) is 52.8 Å². The van der Waals surface area contributed by atoms with Gasteiger partial charge in [-0.2, -0.15) is 0 Å². The Labute approximate surface area is 183 Å². The Morgan fingerprint density at radius 3 is 2.84 bits per heavy atom. The molecule has 0 aliphatic carbocycles. The molecular formula is C25H31N3O3. The number of nitrogens with zero attached hydrogens (tertiary/aromatic N) is 3. The third-order valence-electron chi connectivity index (χ3n) is 6.03. The third kappa shape index (κ3) is 4.74. The number of methoxy groups -OCH3 is 1. The Hall–Kier alpha value is -2.86. The number of fused-ring (bicyclic) bond motifs is 1. The van der Waals surface area contributed by atoms with Crippen LogP contribution in [0.3, 0.4) is 0 Å². The van der Waals surface area contributed by atoms with Crippen molar-refractivity contribution in [2.45, 2.75) is 26.2 Å². The highest BCUT2D eigenvalue weighted by Gasteiger charge is 2.17. The smallest absolute Gasteiger partial charge is 0.261 e. The minimum atomic E-state index is -0.0741.